The van der Waals surface area contributed by atoms with Gasteiger partial charge in [-0.25, -0.2) is 4.39 Å². The van der Waals surface area contributed by atoms with Gasteiger partial charge in [0.15, 0.2) is 0 Å². The number of halogens is 1. The Morgan fingerprint density at radius 1 is 1.32 bits per heavy atom. The molecule has 1 aromatic carbocycles. The molecule has 1 saturated heterocycles. The van der Waals surface area contributed by atoms with Crippen molar-refractivity contribution in [2.24, 2.45) is 0 Å². The van der Waals surface area contributed by atoms with Crippen LogP contribution in [0.15, 0.2) is 18.2 Å². The van der Waals surface area contributed by atoms with Gasteiger partial charge in [0.25, 0.3) is 0 Å². The second-order valence-corrected chi connectivity index (χ2v) is 5.42. The summed E-state index contributed by atoms with van der Waals surface area (Å²) in [5.74, 6) is -0.152. The largest absolute Gasteiger partial charge is 0.312 e. The molecule has 0 aromatic heterocycles. The maximum absolute atomic E-state index is 13.4. The minimum absolute atomic E-state index is 0.116. The zero-order valence-electron chi connectivity index (χ0n) is 11.0. The van der Waals surface area contributed by atoms with Crippen molar-refractivity contribution >= 4 is 11.6 Å². The first kappa shape index (κ1) is 12.6. The number of carbonyl (C=O) groups is 1. The van der Waals surface area contributed by atoms with E-state index in [-0.39, 0.29) is 11.7 Å². The van der Waals surface area contributed by atoms with E-state index < -0.39 is 0 Å². The second-order valence-electron chi connectivity index (χ2n) is 5.42. The molecule has 1 aromatic rings. The molecule has 2 aliphatic rings. The highest BCUT2D eigenvalue weighted by Crippen LogP contribution is 2.29. The molecule has 0 aliphatic carbocycles. The fraction of sp³-hybridized carbons (Fsp3) is 0.533. The SMILES string of the molecule is O=C1CCc2ccc(F)cc2N1CC1CCCCN1. The molecule has 102 valence electrons. The predicted octanol–water partition coefficient (Wildman–Crippen LogP) is 2.25. The van der Waals surface area contributed by atoms with Gasteiger partial charge < -0.3 is 10.2 Å². The first-order valence-electron chi connectivity index (χ1n) is 7.06. The van der Waals surface area contributed by atoms with E-state index in [1.165, 1.54) is 25.0 Å². The van der Waals surface area contributed by atoms with Crippen LogP contribution < -0.4 is 10.2 Å². The maximum Gasteiger partial charge on any atom is 0.227 e. The molecule has 1 N–H and O–H groups in total. The van der Waals surface area contributed by atoms with E-state index in [9.17, 15) is 9.18 Å². The van der Waals surface area contributed by atoms with Crippen molar-refractivity contribution < 1.29 is 9.18 Å². The summed E-state index contributed by atoms with van der Waals surface area (Å²) in [5, 5.41) is 3.44. The molecular formula is C15H19FN2O. The first-order valence-corrected chi connectivity index (χ1v) is 7.06. The lowest BCUT2D eigenvalue weighted by atomic mass is 9.98. The van der Waals surface area contributed by atoms with Crippen LogP contribution in [0.2, 0.25) is 0 Å². The summed E-state index contributed by atoms with van der Waals surface area (Å²) in [6.45, 7) is 1.68. The van der Waals surface area contributed by atoms with Crippen molar-refractivity contribution in [1.82, 2.24) is 5.32 Å². The summed E-state index contributed by atoms with van der Waals surface area (Å²) in [4.78, 5) is 13.9. The molecule has 1 atom stereocenters. The molecule has 19 heavy (non-hydrogen) atoms. The summed E-state index contributed by atoms with van der Waals surface area (Å²) in [5.41, 5.74) is 1.85. The standard InChI is InChI=1S/C15H19FN2O/c16-12-6-4-11-5-7-15(19)18(14(11)9-12)10-13-3-1-2-8-17-13/h4,6,9,13,17H,1-3,5,7-8,10H2. The number of piperidine rings is 1. The van der Waals surface area contributed by atoms with Crippen LogP contribution in [0.1, 0.15) is 31.2 Å². The minimum atomic E-state index is -0.268. The molecule has 4 heteroatoms. The number of anilines is 1. The molecule has 1 amide bonds. The number of aryl methyl sites for hydroxylation is 1. The van der Waals surface area contributed by atoms with Crippen LogP contribution >= 0.6 is 0 Å². The molecule has 1 fully saturated rings. The number of hydrogen-bond acceptors (Lipinski definition) is 2. The van der Waals surface area contributed by atoms with Crippen LogP contribution in [0.25, 0.3) is 0 Å². The van der Waals surface area contributed by atoms with Crippen molar-refractivity contribution in [2.75, 3.05) is 18.0 Å². The van der Waals surface area contributed by atoms with Crippen LogP contribution in [0.5, 0.6) is 0 Å². The molecule has 0 bridgehead atoms. The lowest BCUT2D eigenvalue weighted by molar-refractivity contribution is -0.119. The lowest BCUT2D eigenvalue weighted by Crippen LogP contribution is -2.47. The Hall–Kier alpha value is -1.42. The van der Waals surface area contributed by atoms with Crippen molar-refractivity contribution in [3.05, 3.63) is 29.6 Å². The molecular weight excluding hydrogens is 243 g/mol. The maximum atomic E-state index is 13.4. The quantitative estimate of drug-likeness (QED) is 0.886. The van der Waals surface area contributed by atoms with Crippen LogP contribution in [0, 0.1) is 5.82 Å². The zero-order valence-corrected chi connectivity index (χ0v) is 11.0. The normalized spacial score (nSPS) is 23.3. The Labute approximate surface area is 112 Å². The van der Waals surface area contributed by atoms with Gasteiger partial charge in [0, 0.05) is 24.7 Å². The first-order chi connectivity index (χ1) is 9.24. The number of nitrogens with zero attached hydrogens (tertiary/aromatic N) is 1. The Bertz CT molecular complexity index is 483. The third kappa shape index (κ3) is 2.63. The van der Waals surface area contributed by atoms with E-state index in [0.717, 1.165) is 30.6 Å². The molecule has 2 aliphatic heterocycles. The molecule has 0 saturated carbocycles. The summed E-state index contributed by atoms with van der Waals surface area (Å²) < 4.78 is 13.4. The van der Waals surface area contributed by atoms with E-state index in [2.05, 4.69) is 5.32 Å². The van der Waals surface area contributed by atoms with E-state index >= 15 is 0 Å². The summed E-state index contributed by atoms with van der Waals surface area (Å²) >= 11 is 0. The van der Waals surface area contributed by atoms with Crippen LogP contribution in [0.4, 0.5) is 10.1 Å². The molecule has 3 nitrogen and oxygen atoms in total. The number of rotatable bonds is 2. The number of hydrogen-bond donors (Lipinski definition) is 1. The third-order valence-corrected chi connectivity index (χ3v) is 4.06. The Morgan fingerprint density at radius 2 is 2.21 bits per heavy atom. The van der Waals surface area contributed by atoms with Gasteiger partial charge in [-0.2, -0.15) is 0 Å². The highest BCUT2D eigenvalue weighted by molar-refractivity contribution is 5.96. The Balaban J connectivity index is 1.83. The van der Waals surface area contributed by atoms with E-state index in [1.807, 2.05) is 0 Å². The molecule has 2 heterocycles. The van der Waals surface area contributed by atoms with Gasteiger partial charge in [-0.05, 0) is 43.5 Å². The average molecular weight is 262 g/mol. The molecule has 0 radical (unpaired) electrons. The fourth-order valence-electron chi connectivity index (χ4n) is 3.01. The highest BCUT2D eigenvalue weighted by Gasteiger charge is 2.27. The highest BCUT2D eigenvalue weighted by atomic mass is 19.1. The van der Waals surface area contributed by atoms with Gasteiger partial charge in [0.2, 0.25) is 5.91 Å². The number of nitrogens with one attached hydrogen (secondary N) is 1. The molecule has 1 unspecified atom stereocenters. The lowest BCUT2D eigenvalue weighted by Gasteiger charge is -2.34. The van der Waals surface area contributed by atoms with Crippen molar-refractivity contribution in [1.29, 1.82) is 0 Å². The zero-order chi connectivity index (χ0) is 13.2. The third-order valence-electron chi connectivity index (χ3n) is 4.06. The summed E-state index contributed by atoms with van der Waals surface area (Å²) in [6, 6.07) is 5.12. The number of fused-ring (bicyclic) bond motifs is 1. The number of benzene rings is 1. The molecule has 3 rings (SSSR count). The van der Waals surface area contributed by atoms with Gasteiger partial charge >= 0.3 is 0 Å². The fourth-order valence-corrected chi connectivity index (χ4v) is 3.01. The van der Waals surface area contributed by atoms with Crippen molar-refractivity contribution in [3.8, 4) is 0 Å². The van der Waals surface area contributed by atoms with Crippen LogP contribution in [0.3, 0.4) is 0 Å². The average Bonchev–Trinajstić information content (AvgIpc) is 2.43. The summed E-state index contributed by atoms with van der Waals surface area (Å²) in [6.07, 6.45) is 4.76. The Kier molecular flexibility index (Phi) is 3.51. The number of amides is 1. The number of carbonyl (C=O) groups excluding carboxylic acids is 1. The molecule has 0 spiro atoms. The van der Waals surface area contributed by atoms with E-state index in [4.69, 9.17) is 0 Å². The van der Waals surface area contributed by atoms with Gasteiger partial charge in [-0.1, -0.05) is 12.5 Å². The van der Waals surface area contributed by atoms with E-state index in [0.29, 0.717) is 19.0 Å². The van der Waals surface area contributed by atoms with Crippen molar-refractivity contribution in [3.63, 3.8) is 0 Å². The Morgan fingerprint density at radius 3 is 3.00 bits per heavy atom. The van der Waals surface area contributed by atoms with Gasteiger partial charge in [-0.15, -0.1) is 0 Å². The van der Waals surface area contributed by atoms with Gasteiger partial charge in [0.05, 0.1) is 0 Å². The van der Waals surface area contributed by atoms with Gasteiger partial charge in [-0.3, -0.25) is 4.79 Å². The van der Waals surface area contributed by atoms with Crippen LogP contribution in [-0.4, -0.2) is 25.0 Å². The monoisotopic (exact) mass is 262 g/mol. The minimum Gasteiger partial charge on any atom is -0.312 e. The topological polar surface area (TPSA) is 32.3 Å². The van der Waals surface area contributed by atoms with Crippen LogP contribution in [-0.2, 0) is 11.2 Å². The van der Waals surface area contributed by atoms with E-state index in [1.54, 1.807) is 11.0 Å². The smallest absolute Gasteiger partial charge is 0.227 e. The van der Waals surface area contributed by atoms with Crippen molar-refractivity contribution in [2.45, 2.75) is 38.1 Å². The summed E-state index contributed by atoms with van der Waals surface area (Å²) in [7, 11) is 0. The van der Waals surface area contributed by atoms with Gasteiger partial charge in [0.1, 0.15) is 5.82 Å². The predicted molar refractivity (Wildman–Crippen MR) is 72.7 cm³/mol. The second kappa shape index (κ2) is 5.29.